The van der Waals surface area contributed by atoms with Crippen LogP contribution in [0.1, 0.15) is 45.0 Å². The molecule has 2 aromatic rings. The lowest BCUT2D eigenvalue weighted by Crippen LogP contribution is -2.21. The van der Waals surface area contributed by atoms with E-state index < -0.39 is 0 Å². The van der Waals surface area contributed by atoms with Crippen LogP contribution in [0.25, 0.3) is 10.9 Å². The van der Waals surface area contributed by atoms with Crippen LogP contribution in [0.3, 0.4) is 0 Å². The number of rotatable bonds is 3. The average molecular weight is 282 g/mol. The summed E-state index contributed by atoms with van der Waals surface area (Å²) in [4.78, 5) is 4.60. The zero-order chi connectivity index (χ0) is 15.4. The summed E-state index contributed by atoms with van der Waals surface area (Å²) in [5, 5.41) is 4.78. The van der Waals surface area contributed by atoms with E-state index in [4.69, 9.17) is 0 Å². The van der Waals surface area contributed by atoms with Gasteiger partial charge in [0.1, 0.15) is 0 Å². The Balaban J connectivity index is 2.01. The van der Waals surface area contributed by atoms with E-state index in [1.54, 1.807) is 0 Å². The van der Waals surface area contributed by atoms with Crippen molar-refractivity contribution in [1.82, 2.24) is 10.3 Å². The van der Waals surface area contributed by atoms with Gasteiger partial charge in [0.2, 0.25) is 0 Å². The first kappa shape index (κ1) is 14.5. The monoisotopic (exact) mass is 282 g/mol. The maximum atomic E-state index is 4.60. The van der Waals surface area contributed by atoms with Crippen LogP contribution in [-0.2, 0) is 0 Å². The van der Waals surface area contributed by atoms with E-state index in [1.165, 1.54) is 10.9 Å². The summed E-state index contributed by atoms with van der Waals surface area (Å²) in [5.41, 5.74) is 4.29. The molecule has 1 fully saturated rings. The number of benzene rings is 1. The summed E-state index contributed by atoms with van der Waals surface area (Å²) >= 11 is 0. The fourth-order valence-electron chi connectivity index (χ4n) is 4.05. The van der Waals surface area contributed by atoms with E-state index in [0.29, 0.717) is 22.8 Å². The van der Waals surface area contributed by atoms with Crippen LogP contribution in [0, 0.1) is 23.7 Å². The normalized spacial score (nSPS) is 21.4. The average Bonchev–Trinajstić information content (AvgIpc) is 2.82. The standard InChI is InChI=1S/C19H26N2/c1-12-7-8-13-11-14(9-10-15(13)21-12)16(20-6)17-18(2,3)19(17,4)5/h7-11,16-17,20H,1-6H3. The molecule has 112 valence electrons. The maximum Gasteiger partial charge on any atom is 0.0705 e. The third kappa shape index (κ3) is 2.08. The molecule has 21 heavy (non-hydrogen) atoms. The predicted octanol–water partition coefficient (Wildman–Crippen LogP) is 4.49. The Hall–Kier alpha value is -1.41. The van der Waals surface area contributed by atoms with Gasteiger partial charge in [0, 0.05) is 17.1 Å². The van der Waals surface area contributed by atoms with Gasteiger partial charge in [-0.25, -0.2) is 0 Å². The SMILES string of the molecule is CNC(c1ccc2nc(C)ccc2c1)C1C(C)(C)C1(C)C. The van der Waals surface area contributed by atoms with Crippen LogP contribution < -0.4 is 5.32 Å². The molecule has 0 amide bonds. The Morgan fingerprint density at radius 3 is 2.29 bits per heavy atom. The Labute approximate surface area is 128 Å². The van der Waals surface area contributed by atoms with Gasteiger partial charge in [0.05, 0.1) is 5.52 Å². The molecule has 0 bridgehead atoms. The largest absolute Gasteiger partial charge is 0.313 e. The van der Waals surface area contributed by atoms with Crippen LogP contribution in [0.4, 0.5) is 0 Å². The van der Waals surface area contributed by atoms with Crippen molar-refractivity contribution in [3.63, 3.8) is 0 Å². The molecular weight excluding hydrogens is 256 g/mol. The molecule has 2 heteroatoms. The van der Waals surface area contributed by atoms with Crippen molar-refractivity contribution >= 4 is 10.9 Å². The molecule has 1 aromatic carbocycles. The summed E-state index contributed by atoms with van der Waals surface area (Å²) < 4.78 is 0. The first-order valence-electron chi connectivity index (χ1n) is 7.83. The van der Waals surface area contributed by atoms with E-state index in [-0.39, 0.29) is 0 Å². The lowest BCUT2D eigenvalue weighted by molar-refractivity contribution is 0.438. The van der Waals surface area contributed by atoms with E-state index in [9.17, 15) is 0 Å². The molecule has 1 aliphatic carbocycles. The van der Waals surface area contributed by atoms with Gasteiger partial charge in [-0.2, -0.15) is 0 Å². The number of nitrogens with one attached hydrogen (secondary N) is 1. The summed E-state index contributed by atoms with van der Waals surface area (Å²) in [7, 11) is 2.08. The van der Waals surface area contributed by atoms with Crippen LogP contribution in [-0.4, -0.2) is 12.0 Å². The molecule has 0 spiro atoms. The summed E-state index contributed by atoms with van der Waals surface area (Å²) in [6.45, 7) is 11.6. The molecule has 0 radical (unpaired) electrons. The Morgan fingerprint density at radius 2 is 1.71 bits per heavy atom. The number of hydrogen-bond acceptors (Lipinski definition) is 2. The topological polar surface area (TPSA) is 24.9 Å². The van der Waals surface area contributed by atoms with Gasteiger partial charge in [0.15, 0.2) is 0 Å². The zero-order valence-electron chi connectivity index (χ0n) is 14.0. The first-order chi connectivity index (χ1) is 9.79. The summed E-state index contributed by atoms with van der Waals surface area (Å²) in [6.07, 6.45) is 0. The molecule has 0 aliphatic heterocycles. The number of aryl methyl sites for hydroxylation is 1. The van der Waals surface area contributed by atoms with Gasteiger partial charge in [-0.3, -0.25) is 4.98 Å². The molecular formula is C19H26N2. The minimum atomic E-state index is 0.376. The lowest BCUT2D eigenvalue weighted by Gasteiger charge is -2.19. The van der Waals surface area contributed by atoms with E-state index >= 15 is 0 Å². The quantitative estimate of drug-likeness (QED) is 0.897. The molecule has 1 aliphatic rings. The summed E-state index contributed by atoms with van der Waals surface area (Å²) in [6, 6.07) is 11.4. The van der Waals surface area contributed by atoms with Gasteiger partial charge in [0.25, 0.3) is 0 Å². The van der Waals surface area contributed by atoms with Crippen molar-refractivity contribution in [1.29, 1.82) is 0 Å². The number of hydrogen-bond donors (Lipinski definition) is 1. The molecule has 2 nitrogen and oxygen atoms in total. The fraction of sp³-hybridized carbons (Fsp3) is 0.526. The van der Waals surface area contributed by atoms with Crippen molar-refractivity contribution in [2.24, 2.45) is 16.7 Å². The predicted molar refractivity (Wildman–Crippen MR) is 89.3 cm³/mol. The zero-order valence-corrected chi connectivity index (χ0v) is 14.0. The summed E-state index contributed by atoms with van der Waals surface area (Å²) in [5.74, 6) is 0.658. The first-order valence-corrected chi connectivity index (χ1v) is 7.83. The van der Waals surface area contributed by atoms with Gasteiger partial charge in [-0.1, -0.05) is 39.8 Å². The Bertz CT molecular complexity index is 671. The van der Waals surface area contributed by atoms with E-state index in [1.807, 2.05) is 6.92 Å². The molecule has 0 saturated heterocycles. The second-order valence-corrected chi connectivity index (χ2v) is 7.59. The second kappa shape index (κ2) is 4.54. The minimum absolute atomic E-state index is 0.376. The van der Waals surface area contributed by atoms with Crippen molar-refractivity contribution in [2.75, 3.05) is 7.05 Å². The molecule has 1 heterocycles. The Kier molecular flexibility index (Phi) is 3.14. The second-order valence-electron chi connectivity index (χ2n) is 7.59. The van der Waals surface area contributed by atoms with Crippen LogP contribution in [0.5, 0.6) is 0 Å². The van der Waals surface area contributed by atoms with Crippen molar-refractivity contribution in [3.05, 3.63) is 41.6 Å². The molecule has 1 saturated carbocycles. The number of fused-ring (bicyclic) bond motifs is 1. The number of nitrogens with zero attached hydrogens (tertiary/aromatic N) is 1. The highest BCUT2D eigenvalue weighted by Gasteiger charge is 2.67. The molecule has 3 rings (SSSR count). The van der Waals surface area contributed by atoms with Crippen LogP contribution in [0.2, 0.25) is 0 Å². The van der Waals surface area contributed by atoms with Crippen molar-refractivity contribution < 1.29 is 0 Å². The number of pyridine rings is 1. The Morgan fingerprint density at radius 1 is 1.05 bits per heavy atom. The molecule has 1 N–H and O–H groups in total. The molecule has 1 aromatic heterocycles. The van der Waals surface area contributed by atoms with Gasteiger partial charge >= 0.3 is 0 Å². The van der Waals surface area contributed by atoms with Crippen LogP contribution >= 0.6 is 0 Å². The van der Waals surface area contributed by atoms with E-state index in [0.717, 1.165) is 11.2 Å². The van der Waals surface area contributed by atoms with E-state index in [2.05, 4.69) is 75.4 Å². The highest BCUT2D eigenvalue weighted by atomic mass is 14.9. The fourth-order valence-corrected chi connectivity index (χ4v) is 4.05. The minimum Gasteiger partial charge on any atom is -0.313 e. The van der Waals surface area contributed by atoms with Crippen molar-refractivity contribution in [2.45, 2.75) is 40.7 Å². The highest BCUT2D eigenvalue weighted by molar-refractivity contribution is 5.79. The van der Waals surface area contributed by atoms with Gasteiger partial charge in [-0.05, 0) is 54.5 Å². The van der Waals surface area contributed by atoms with Gasteiger partial charge in [-0.15, -0.1) is 0 Å². The molecule has 1 atom stereocenters. The smallest absolute Gasteiger partial charge is 0.0705 e. The lowest BCUT2D eigenvalue weighted by atomic mass is 9.95. The third-order valence-corrected chi connectivity index (χ3v) is 5.99. The maximum absolute atomic E-state index is 4.60. The highest BCUT2D eigenvalue weighted by Crippen LogP contribution is 2.72. The van der Waals surface area contributed by atoms with Gasteiger partial charge < -0.3 is 5.32 Å². The van der Waals surface area contributed by atoms with Crippen LogP contribution in [0.15, 0.2) is 30.3 Å². The third-order valence-electron chi connectivity index (χ3n) is 5.99. The van der Waals surface area contributed by atoms with Crippen molar-refractivity contribution in [3.8, 4) is 0 Å². The number of aromatic nitrogens is 1. The molecule has 1 unspecified atom stereocenters.